The molecule has 0 amide bonds. The zero-order valence-electron chi connectivity index (χ0n) is 12.2. The van der Waals surface area contributed by atoms with Crippen molar-refractivity contribution >= 4 is 5.69 Å². The lowest BCUT2D eigenvalue weighted by molar-refractivity contribution is 0.211. The Morgan fingerprint density at radius 2 is 1.80 bits per heavy atom. The van der Waals surface area contributed by atoms with Crippen LogP contribution in [0.3, 0.4) is 0 Å². The van der Waals surface area contributed by atoms with Gasteiger partial charge in [-0.15, -0.1) is 0 Å². The molecule has 1 fully saturated rings. The Labute approximate surface area is 118 Å². The number of hydrogen-bond acceptors (Lipinski definition) is 1. The molecular weight excluding hydrogens is 263 g/mol. The highest BCUT2D eigenvalue weighted by molar-refractivity contribution is 5.46. The fourth-order valence-electron chi connectivity index (χ4n) is 3.21. The zero-order valence-corrected chi connectivity index (χ0v) is 12.2. The first-order valence-corrected chi connectivity index (χ1v) is 7.30. The lowest BCUT2D eigenvalue weighted by Gasteiger charge is -2.38. The molecule has 0 saturated heterocycles. The summed E-state index contributed by atoms with van der Waals surface area (Å²) in [6.07, 6.45) is 3.18. The maximum Gasteiger partial charge on any atom is 0.196 e. The fourth-order valence-corrected chi connectivity index (χ4v) is 3.21. The highest BCUT2D eigenvalue weighted by Gasteiger charge is 2.31. The number of nitrogens with one attached hydrogen (secondary N) is 1. The highest BCUT2D eigenvalue weighted by Crippen LogP contribution is 2.35. The molecule has 1 N–H and O–H groups in total. The zero-order chi connectivity index (χ0) is 14.9. The van der Waals surface area contributed by atoms with Crippen molar-refractivity contribution in [3.63, 3.8) is 0 Å². The van der Waals surface area contributed by atoms with E-state index < -0.39 is 17.5 Å². The third kappa shape index (κ3) is 3.10. The van der Waals surface area contributed by atoms with Gasteiger partial charge in [0.05, 0.1) is 5.69 Å². The second kappa shape index (κ2) is 6.06. The van der Waals surface area contributed by atoms with Crippen molar-refractivity contribution in [2.75, 3.05) is 5.32 Å². The Balaban J connectivity index is 2.20. The average Bonchev–Trinajstić information content (AvgIpc) is 2.39. The molecule has 1 saturated carbocycles. The smallest absolute Gasteiger partial charge is 0.196 e. The molecule has 2 rings (SSSR count). The van der Waals surface area contributed by atoms with Crippen LogP contribution in [0.25, 0.3) is 0 Å². The molecule has 20 heavy (non-hydrogen) atoms. The van der Waals surface area contributed by atoms with Crippen LogP contribution >= 0.6 is 0 Å². The number of halogens is 3. The summed E-state index contributed by atoms with van der Waals surface area (Å²) in [4.78, 5) is 0. The summed E-state index contributed by atoms with van der Waals surface area (Å²) in [6, 6.07) is 2.36. The molecule has 1 aromatic rings. The minimum absolute atomic E-state index is 0.0636. The van der Waals surface area contributed by atoms with Gasteiger partial charge < -0.3 is 5.32 Å². The van der Waals surface area contributed by atoms with Crippen molar-refractivity contribution in [1.82, 2.24) is 0 Å². The average molecular weight is 285 g/mol. The van der Waals surface area contributed by atoms with Gasteiger partial charge in [-0.2, -0.15) is 0 Å². The van der Waals surface area contributed by atoms with E-state index in [1.54, 1.807) is 0 Å². The first-order chi connectivity index (χ1) is 9.40. The van der Waals surface area contributed by atoms with Crippen molar-refractivity contribution in [2.24, 2.45) is 17.8 Å². The largest absolute Gasteiger partial charge is 0.380 e. The van der Waals surface area contributed by atoms with Crippen LogP contribution in [-0.2, 0) is 0 Å². The van der Waals surface area contributed by atoms with Gasteiger partial charge in [0.15, 0.2) is 17.5 Å². The Hall–Kier alpha value is -1.19. The summed E-state index contributed by atoms with van der Waals surface area (Å²) in [7, 11) is 0. The number of rotatable bonds is 3. The Morgan fingerprint density at radius 1 is 1.10 bits per heavy atom. The fraction of sp³-hybridized carbons (Fsp3) is 0.625. The Morgan fingerprint density at radius 3 is 2.45 bits per heavy atom. The molecule has 0 aliphatic heterocycles. The second-order valence-corrected chi connectivity index (χ2v) is 6.30. The predicted octanol–water partition coefficient (Wildman–Crippen LogP) is 4.98. The maximum absolute atomic E-state index is 13.8. The molecule has 1 aromatic carbocycles. The summed E-state index contributed by atoms with van der Waals surface area (Å²) in [5.74, 6) is -2.20. The third-order valence-electron chi connectivity index (χ3n) is 4.40. The van der Waals surface area contributed by atoms with E-state index in [4.69, 9.17) is 0 Å². The monoisotopic (exact) mass is 285 g/mol. The van der Waals surface area contributed by atoms with Crippen molar-refractivity contribution < 1.29 is 13.2 Å². The molecule has 3 atom stereocenters. The van der Waals surface area contributed by atoms with Crippen LogP contribution in [-0.4, -0.2) is 6.04 Å². The van der Waals surface area contributed by atoms with E-state index >= 15 is 0 Å². The summed E-state index contributed by atoms with van der Waals surface area (Å²) in [6.45, 7) is 6.47. The van der Waals surface area contributed by atoms with E-state index in [2.05, 4.69) is 26.1 Å². The molecule has 112 valence electrons. The van der Waals surface area contributed by atoms with Crippen LogP contribution in [0.5, 0.6) is 0 Å². The summed E-state index contributed by atoms with van der Waals surface area (Å²) >= 11 is 0. The SMILES string of the molecule is CC1CCC(C(C)C)C(Nc2ccc(F)c(F)c2F)C1. The minimum atomic E-state index is -1.40. The van der Waals surface area contributed by atoms with Gasteiger partial charge in [0.1, 0.15) is 0 Å². The van der Waals surface area contributed by atoms with Crippen molar-refractivity contribution in [3.8, 4) is 0 Å². The molecule has 1 nitrogen and oxygen atoms in total. The van der Waals surface area contributed by atoms with Gasteiger partial charge in [-0.1, -0.05) is 27.2 Å². The molecule has 1 aliphatic rings. The van der Waals surface area contributed by atoms with Gasteiger partial charge in [0.25, 0.3) is 0 Å². The van der Waals surface area contributed by atoms with E-state index in [0.29, 0.717) is 17.8 Å². The molecule has 0 aromatic heterocycles. The number of hydrogen-bond donors (Lipinski definition) is 1. The van der Waals surface area contributed by atoms with Crippen molar-refractivity contribution in [1.29, 1.82) is 0 Å². The van der Waals surface area contributed by atoms with Gasteiger partial charge in [0, 0.05) is 6.04 Å². The molecule has 0 heterocycles. The Kier molecular flexibility index (Phi) is 4.61. The maximum atomic E-state index is 13.8. The first kappa shape index (κ1) is 15.2. The van der Waals surface area contributed by atoms with Gasteiger partial charge in [-0.25, -0.2) is 13.2 Å². The first-order valence-electron chi connectivity index (χ1n) is 7.30. The summed E-state index contributed by atoms with van der Waals surface area (Å²) in [5, 5.41) is 3.10. The molecule has 4 heteroatoms. The normalized spacial score (nSPS) is 26.9. The number of benzene rings is 1. The van der Waals surface area contributed by atoms with Crippen LogP contribution in [0.4, 0.5) is 18.9 Å². The van der Waals surface area contributed by atoms with E-state index in [-0.39, 0.29) is 11.7 Å². The highest BCUT2D eigenvalue weighted by atomic mass is 19.2. The quantitative estimate of drug-likeness (QED) is 0.773. The molecule has 0 bridgehead atoms. The molecule has 3 unspecified atom stereocenters. The minimum Gasteiger partial charge on any atom is -0.380 e. The van der Waals surface area contributed by atoms with Crippen LogP contribution in [0.1, 0.15) is 40.0 Å². The van der Waals surface area contributed by atoms with Crippen LogP contribution < -0.4 is 5.32 Å². The van der Waals surface area contributed by atoms with E-state index in [1.165, 1.54) is 12.5 Å². The third-order valence-corrected chi connectivity index (χ3v) is 4.40. The van der Waals surface area contributed by atoms with Crippen LogP contribution in [0.2, 0.25) is 0 Å². The molecule has 0 spiro atoms. The van der Waals surface area contributed by atoms with E-state index in [9.17, 15) is 13.2 Å². The summed E-state index contributed by atoms with van der Waals surface area (Å²) in [5.41, 5.74) is 0.0636. The van der Waals surface area contributed by atoms with Gasteiger partial charge in [-0.05, 0) is 42.7 Å². The lowest BCUT2D eigenvalue weighted by atomic mass is 9.74. The standard InChI is InChI=1S/C16H22F3N/c1-9(2)11-5-4-10(3)8-14(11)20-13-7-6-12(17)15(18)16(13)19/h6-7,9-11,14,20H,4-5,8H2,1-3H3. The lowest BCUT2D eigenvalue weighted by Crippen LogP contribution is -2.38. The van der Waals surface area contributed by atoms with Gasteiger partial charge >= 0.3 is 0 Å². The van der Waals surface area contributed by atoms with Crippen LogP contribution in [0.15, 0.2) is 12.1 Å². The molecule has 0 radical (unpaired) electrons. The van der Waals surface area contributed by atoms with Crippen molar-refractivity contribution in [3.05, 3.63) is 29.6 Å². The van der Waals surface area contributed by atoms with Crippen molar-refractivity contribution in [2.45, 2.75) is 46.1 Å². The summed E-state index contributed by atoms with van der Waals surface area (Å²) < 4.78 is 40.0. The molecular formula is C16H22F3N. The number of anilines is 1. The van der Waals surface area contributed by atoms with Crippen LogP contribution in [0, 0.1) is 35.2 Å². The topological polar surface area (TPSA) is 12.0 Å². The predicted molar refractivity (Wildman–Crippen MR) is 75.1 cm³/mol. The molecule has 1 aliphatic carbocycles. The Bertz CT molecular complexity index is 473. The van der Waals surface area contributed by atoms with E-state index in [1.807, 2.05) is 0 Å². The second-order valence-electron chi connectivity index (χ2n) is 6.30. The van der Waals surface area contributed by atoms with Gasteiger partial charge in [-0.3, -0.25) is 0 Å². The van der Waals surface area contributed by atoms with Gasteiger partial charge in [0.2, 0.25) is 0 Å². The van der Waals surface area contributed by atoms with E-state index in [0.717, 1.165) is 18.9 Å².